The van der Waals surface area contributed by atoms with Crippen LogP contribution in [0.4, 0.5) is 10.2 Å². The Morgan fingerprint density at radius 1 is 0.939 bits per heavy atom. The third kappa shape index (κ3) is 4.50. The van der Waals surface area contributed by atoms with Crippen LogP contribution in [0.5, 0.6) is 5.75 Å². The maximum atomic E-state index is 14.6. The summed E-state index contributed by atoms with van der Waals surface area (Å²) in [4.78, 5) is 4.68. The van der Waals surface area contributed by atoms with E-state index in [2.05, 4.69) is 50.9 Å². The molecular formula is C26H28FN5O. The molecule has 0 aliphatic carbocycles. The third-order valence-electron chi connectivity index (χ3n) is 5.90. The number of halogens is 1. The smallest absolute Gasteiger partial charge is 0.135 e. The van der Waals surface area contributed by atoms with Crippen LogP contribution in [0.25, 0.3) is 21.9 Å². The van der Waals surface area contributed by atoms with Gasteiger partial charge in [-0.1, -0.05) is 25.1 Å². The Bertz CT molecular complexity index is 1290. The van der Waals surface area contributed by atoms with Crippen molar-refractivity contribution in [3.63, 3.8) is 0 Å². The first-order valence-electron chi connectivity index (χ1n) is 11.0. The van der Waals surface area contributed by atoms with Crippen LogP contribution in [0.2, 0.25) is 0 Å². The molecule has 2 N–H and O–H groups in total. The number of nitrogens with one attached hydrogen (secondary N) is 2. The van der Waals surface area contributed by atoms with Crippen LogP contribution in [0, 0.1) is 12.7 Å². The molecule has 0 fully saturated rings. The van der Waals surface area contributed by atoms with Crippen molar-refractivity contribution < 1.29 is 9.13 Å². The second kappa shape index (κ2) is 9.92. The maximum Gasteiger partial charge on any atom is 0.135 e. The zero-order chi connectivity index (χ0) is 23.4. The zero-order valence-corrected chi connectivity index (χ0v) is 19.4. The van der Waals surface area contributed by atoms with Crippen LogP contribution in [0.3, 0.4) is 0 Å². The van der Waals surface area contributed by atoms with Crippen molar-refractivity contribution in [3.05, 3.63) is 77.0 Å². The van der Waals surface area contributed by atoms with Crippen LogP contribution in [-0.2, 0) is 19.5 Å². The maximum absolute atomic E-state index is 14.6. The summed E-state index contributed by atoms with van der Waals surface area (Å²) in [5.74, 6) is 1.06. The summed E-state index contributed by atoms with van der Waals surface area (Å²) in [7, 11) is 3.54. The molecule has 0 bridgehead atoms. The Morgan fingerprint density at radius 2 is 1.73 bits per heavy atom. The van der Waals surface area contributed by atoms with E-state index >= 15 is 0 Å². The number of methoxy groups -OCH3 is 1. The van der Waals surface area contributed by atoms with Crippen molar-refractivity contribution in [1.82, 2.24) is 20.5 Å². The van der Waals surface area contributed by atoms with Crippen molar-refractivity contribution in [3.8, 4) is 16.9 Å². The number of benzene rings is 2. The largest absolute Gasteiger partial charge is 0.496 e. The molecule has 33 heavy (non-hydrogen) atoms. The fourth-order valence-electron chi connectivity index (χ4n) is 4.28. The van der Waals surface area contributed by atoms with E-state index in [1.165, 1.54) is 11.6 Å². The number of aromatic nitrogens is 3. The Labute approximate surface area is 193 Å². The molecule has 0 atom stereocenters. The van der Waals surface area contributed by atoms with Gasteiger partial charge in [0.1, 0.15) is 17.4 Å². The second-order valence-corrected chi connectivity index (χ2v) is 7.93. The molecule has 170 valence electrons. The minimum atomic E-state index is -0.266. The molecule has 0 spiro atoms. The molecule has 2 aromatic carbocycles. The van der Waals surface area contributed by atoms with E-state index in [0.29, 0.717) is 23.6 Å². The molecule has 0 unspecified atom stereocenters. The van der Waals surface area contributed by atoms with E-state index in [-0.39, 0.29) is 12.4 Å². The van der Waals surface area contributed by atoms with Gasteiger partial charge in [-0.05, 0) is 49.2 Å². The minimum Gasteiger partial charge on any atom is -0.496 e. The highest BCUT2D eigenvalue weighted by Gasteiger charge is 2.15. The first-order chi connectivity index (χ1) is 16.1. The van der Waals surface area contributed by atoms with Gasteiger partial charge in [0.2, 0.25) is 0 Å². The fraction of sp³-hybridized carbons (Fsp3) is 0.269. The third-order valence-corrected chi connectivity index (χ3v) is 5.90. The topological polar surface area (TPSA) is 72.0 Å². The highest BCUT2D eigenvalue weighted by molar-refractivity contribution is 6.01. The molecule has 4 rings (SSSR count). The molecule has 7 heteroatoms. The van der Waals surface area contributed by atoms with E-state index in [4.69, 9.17) is 4.74 Å². The van der Waals surface area contributed by atoms with Crippen molar-refractivity contribution in [2.24, 2.45) is 0 Å². The Kier molecular flexibility index (Phi) is 6.79. The summed E-state index contributed by atoms with van der Waals surface area (Å²) < 4.78 is 20.1. The number of pyridine rings is 1. The standard InChI is InChI=1S/C26H28FN5O/c1-5-18-22(24(27)8-9-25(18)33-4)13-30-26-23-15-32-31-14-21(23)20(12-29-26)19-7-6-17(11-28-3)10-16(19)2/h6-10,12,14-15,28H,5,11,13H2,1-4H3,(H,29,30). The summed E-state index contributed by atoms with van der Waals surface area (Å²) >= 11 is 0. The molecule has 0 amide bonds. The summed E-state index contributed by atoms with van der Waals surface area (Å²) in [6.45, 7) is 5.19. The lowest BCUT2D eigenvalue weighted by Gasteiger charge is -2.16. The second-order valence-electron chi connectivity index (χ2n) is 7.93. The van der Waals surface area contributed by atoms with Gasteiger partial charge in [0.25, 0.3) is 0 Å². The van der Waals surface area contributed by atoms with Crippen molar-refractivity contribution in [2.75, 3.05) is 19.5 Å². The highest BCUT2D eigenvalue weighted by atomic mass is 19.1. The van der Waals surface area contributed by atoms with Crippen LogP contribution in [-0.4, -0.2) is 29.3 Å². The Hall–Kier alpha value is -3.58. The summed E-state index contributed by atoms with van der Waals surface area (Å²) in [5, 5.41) is 16.4. The average Bonchev–Trinajstić information content (AvgIpc) is 2.83. The molecule has 0 radical (unpaired) electrons. The first kappa shape index (κ1) is 22.6. The van der Waals surface area contributed by atoms with Gasteiger partial charge in [-0.25, -0.2) is 9.37 Å². The molecule has 0 aliphatic rings. The molecule has 4 aromatic rings. The van der Waals surface area contributed by atoms with Gasteiger partial charge in [-0.2, -0.15) is 10.2 Å². The number of ether oxygens (including phenoxy) is 1. The molecular weight excluding hydrogens is 417 g/mol. The van der Waals surface area contributed by atoms with E-state index in [9.17, 15) is 4.39 Å². The summed E-state index contributed by atoms with van der Waals surface area (Å²) in [5.41, 5.74) is 5.90. The number of rotatable bonds is 8. The predicted molar refractivity (Wildman–Crippen MR) is 130 cm³/mol. The van der Waals surface area contributed by atoms with E-state index in [0.717, 1.165) is 39.6 Å². The first-order valence-corrected chi connectivity index (χ1v) is 11.0. The van der Waals surface area contributed by atoms with Crippen LogP contribution >= 0.6 is 0 Å². The molecule has 0 saturated carbocycles. The number of fused-ring (bicyclic) bond motifs is 1. The SMILES string of the molecule is CCc1c(OC)ccc(F)c1CNc1ncc(-c2ccc(CNC)cc2C)c2cnncc12. The van der Waals surface area contributed by atoms with Gasteiger partial charge in [0.15, 0.2) is 0 Å². The number of hydrogen-bond acceptors (Lipinski definition) is 6. The van der Waals surface area contributed by atoms with Crippen molar-refractivity contribution >= 4 is 16.6 Å². The van der Waals surface area contributed by atoms with E-state index in [1.807, 2.05) is 20.2 Å². The quantitative estimate of drug-likeness (QED) is 0.396. The normalized spacial score (nSPS) is 11.1. The average molecular weight is 446 g/mol. The predicted octanol–water partition coefficient (Wildman–Crippen LogP) is 5.04. The van der Waals surface area contributed by atoms with Crippen LogP contribution < -0.4 is 15.4 Å². The van der Waals surface area contributed by atoms with Crippen LogP contribution in [0.15, 0.2) is 48.9 Å². The molecule has 2 aromatic heterocycles. The molecule has 0 saturated heterocycles. The number of aryl methyl sites for hydroxylation is 1. The number of anilines is 1. The van der Waals surface area contributed by atoms with Crippen LogP contribution in [0.1, 0.15) is 29.2 Å². The van der Waals surface area contributed by atoms with Gasteiger partial charge in [-0.15, -0.1) is 0 Å². The fourth-order valence-corrected chi connectivity index (χ4v) is 4.28. The van der Waals surface area contributed by atoms with Gasteiger partial charge in [-0.3, -0.25) is 0 Å². The lowest BCUT2D eigenvalue weighted by atomic mass is 9.96. The number of hydrogen-bond donors (Lipinski definition) is 2. The molecule has 0 aliphatic heterocycles. The molecule has 6 nitrogen and oxygen atoms in total. The Morgan fingerprint density at radius 3 is 2.42 bits per heavy atom. The van der Waals surface area contributed by atoms with E-state index < -0.39 is 0 Å². The zero-order valence-electron chi connectivity index (χ0n) is 19.4. The highest BCUT2D eigenvalue weighted by Crippen LogP contribution is 2.33. The van der Waals surface area contributed by atoms with E-state index in [1.54, 1.807) is 25.6 Å². The monoisotopic (exact) mass is 445 g/mol. The Balaban J connectivity index is 1.72. The lowest BCUT2D eigenvalue weighted by molar-refractivity contribution is 0.407. The summed E-state index contributed by atoms with van der Waals surface area (Å²) in [6, 6.07) is 9.51. The van der Waals surface area contributed by atoms with Gasteiger partial charge in [0, 0.05) is 46.7 Å². The van der Waals surface area contributed by atoms with Gasteiger partial charge in [0.05, 0.1) is 19.5 Å². The van der Waals surface area contributed by atoms with Crippen molar-refractivity contribution in [1.29, 1.82) is 0 Å². The molecule has 2 heterocycles. The van der Waals surface area contributed by atoms with Crippen molar-refractivity contribution in [2.45, 2.75) is 33.4 Å². The summed E-state index contributed by atoms with van der Waals surface area (Å²) in [6.07, 6.45) is 5.96. The minimum absolute atomic E-state index is 0.266. The number of nitrogens with zero attached hydrogens (tertiary/aromatic N) is 3. The van der Waals surface area contributed by atoms with Gasteiger partial charge >= 0.3 is 0 Å². The van der Waals surface area contributed by atoms with Gasteiger partial charge < -0.3 is 15.4 Å². The lowest BCUT2D eigenvalue weighted by Crippen LogP contribution is -2.08.